The van der Waals surface area contributed by atoms with Crippen molar-refractivity contribution in [3.8, 4) is 0 Å². The van der Waals surface area contributed by atoms with Gasteiger partial charge in [-0.25, -0.2) is 9.97 Å². The summed E-state index contributed by atoms with van der Waals surface area (Å²) in [5, 5.41) is 4.58. The molecule has 2 aromatic rings. The predicted octanol–water partition coefficient (Wildman–Crippen LogP) is 3.15. The maximum Gasteiger partial charge on any atom is 0.138 e. The second-order valence-electron chi connectivity index (χ2n) is 4.93. The van der Waals surface area contributed by atoms with Crippen LogP contribution in [0.15, 0.2) is 6.07 Å². The Morgan fingerprint density at radius 1 is 1.47 bits per heavy atom. The number of nitrogens with one attached hydrogen (secondary N) is 1. The fraction of sp³-hybridized carbons (Fsp3) is 0.571. The molecule has 2 aromatic heterocycles. The van der Waals surface area contributed by atoms with Gasteiger partial charge in [-0.05, 0) is 25.8 Å². The Labute approximate surface area is 117 Å². The van der Waals surface area contributed by atoms with Crippen molar-refractivity contribution < 1.29 is 4.74 Å². The molecule has 1 unspecified atom stereocenters. The summed E-state index contributed by atoms with van der Waals surface area (Å²) < 4.78 is 5.65. The first-order valence-corrected chi connectivity index (χ1v) is 7.70. The fourth-order valence-corrected chi connectivity index (χ4v) is 3.29. The summed E-state index contributed by atoms with van der Waals surface area (Å²) in [6.45, 7) is 5.93. The minimum absolute atomic E-state index is 0.329. The molecular weight excluding hydrogens is 258 g/mol. The second-order valence-corrected chi connectivity index (χ2v) is 6.17. The van der Waals surface area contributed by atoms with Crippen molar-refractivity contribution in [2.24, 2.45) is 0 Å². The zero-order valence-electron chi connectivity index (χ0n) is 11.4. The number of hydrogen-bond donors (Lipinski definition) is 1. The molecule has 5 heteroatoms. The molecule has 1 saturated heterocycles. The highest BCUT2D eigenvalue weighted by Crippen LogP contribution is 2.28. The topological polar surface area (TPSA) is 47.0 Å². The number of nitrogens with zero attached hydrogens (tertiary/aromatic N) is 2. The SMILES string of the molecule is CCc1nc(NCC2CCCO2)c2cc(C)sc2n1. The first kappa shape index (κ1) is 12.8. The molecule has 3 rings (SSSR count). The van der Waals surface area contributed by atoms with Crippen LogP contribution in [0.2, 0.25) is 0 Å². The molecule has 0 aliphatic carbocycles. The lowest BCUT2D eigenvalue weighted by atomic mass is 10.2. The van der Waals surface area contributed by atoms with Gasteiger partial charge in [-0.2, -0.15) is 0 Å². The molecule has 1 atom stereocenters. The molecule has 1 N–H and O–H groups in total. The van der Waals surface area contributed by atoms with Crippen molar-refractivity contribution in [1.82, 2.24) is 9.97 Å². The van der Waals surface area contributed by atoms with Gasteiger partial charge < -0.3 is 10.1 Å². The number of fused-ring (bicyclic) bond motifs is 1. The number of hydrogen-bond acceptors (Lipinski definition) is 5. The number of aryl methyl sites for hydroxylation is 2. The van der Waals surface area contributed by atoms with Gasteiger partial charge in [0.1, 0.15) is 16.5 Å². The summed E-state index contributed by atoms with van der Waals surface area (Å²) in [4.78, 5) is 11.6. The molecule has 0 amide bonds. The van der Waals surface area contributed by atoms with Crippen LogP contribution < -0.4 is 5.32 Å². The lowest BCUT2D eigenvalue weighted by molar-refractivity contribution is 0.120. The van der Waals surface area contributed by atoms with E-state index in [9.17, 15) is 0 Å². The Balaban J connectivity index is 1.86. The van der Waals surface area contributed by atoms with Crippen molar-refractivity contribution in [2.75, 3.05) is 18.5 Å². The second kappa shape index (κ2) is 5.43. The monoisotopic (exact) mass is 277 g/mol. The summed E-state index contributed by atoms with van der Waals surface area (Å²) in [5.74, 6) is 1.87. The van der Waals surface area contributed by atoms with Gasteiger partial charge in [0.25, 0.3) is 0 Å². The average molecular weight is 277 g/mol. The van der Waals surface area contributed by atoms with E-state index < -0.39 is 0 Å². The van der Waals surface area contributed by atoms with E-state index in [-0.39, 0.29) is 0 Å². The Kier molecular flexibility index (Phi) is 3.66. The maximum atomic E-state index is 5.65. The standard InChI is InChI=1S/C14H19N3OS/c1-3-12-16-13(15-8-10-5-4-6-18-10)11-7-9(2)19-14(11)17-12/h7,10H,3-6,8H2,1-2H3,(H,15,16,17). The van der Waals surface area contributed by atoms with Crippen LogP contribution in [0.1, 0.15) is 30.5 Å². The molecule has 0 spiro atoms. The average Bonchev–Trinajstić information content (AvgIpc) is 3.03. The molecule has 102 valence electrons. The highest BCUT2D eigenvalue weighted by atomic mass is 32.1. The first-order valence-electron chi connectivity index (χ1n) is 6.89. The predicted molar refractivity (Wildman–Crippen MR) is 79.0 cm³/mol. The minimum Gasteiger partial charge on any atom is -0.376 e. The van der Waals surface area contributed by atoms with Gasteiger partial charge in [0.15, 0.2) is 0 Å². The van der Waals surface area contributed by atoms with Crippen LogP contribution in [-0.2, 0) is 11.2 Å². The highest BCUT2D eigenvalue weighted by Gasteiger charge is 2.16. The Bertz CT molecular complexity index is 575. The zero-order valence-corrected chi connectivity index (χ0v) is 12.2. The van der Waals surface area contributed by atoms with Crippen molar-refractivity contribution in [3.05, 3.63) is 16.8 Å². The summed E-state index contributed by atoms with van der Waals surface area (Å²) in [5.41, 5.74) is 0. The van der Waals surface area contributed by atoms with Crippen molar-refractivity contribution in [3.63, 3.8) is 0 Å². The lowest BCUT2D eigenvalue weighted by Gasteiger charge is -2.12. The number of anilines is 1. The van der Waals surface area contributed by atoms with E-state index in [0.717, 1.165) is 47.9 Å². The van der Waals surface area contributed by atoms with Crippen molar-refractivity contribution in [2.45, 2.75) is 39.2 Å². The van der Waals surface area contributed by atoms with Gasteiger partial charge in [0.05, 0.1) is 11.5 Å². The molecule has 0 bridgehead atoms. The van der Waals surface area contributed by atoms with Crippen molar-refractivity contribution in [1.29, 1.82) is 0 Å². The number of ether oxygens (including phenoxy) is 1. The molecular formula is C14H19N3OS. The molecule has 1 fully saturated rings. The van der Waals surface area contributed by atoms with Crippen LogP contribution in [0, 0.1) is 6.92 Å². The third-order valence-electron chi connectivity index (χ3n) is 3.40. The van der Waals surface area contributed by atoms with Crippen LogP contribution >= 0.6 is 11.3 Å². The fourth-order valence-electron chi connectivity index (χ4n) is 2.39. The van der Waals surface area contributed by atoms with Gasteiger partial charge in [-0.15, -0.1) is 11.3 Å². The Hall–Kier alpha value is -1.20. The lowest BCUT2D eigenvalue weighted by Crippen LogP contribution is -2.19. The Morgan fingerprint density at radius 3 is 3.11 bits per heavy atom. The zero-order chi connectivity index (χ0) is 13.2. The third kappa shape index (κ3) is 2.72. The Morgan fingerprint density at radius 2 is 2.37 bits per heavy atom. The first-order chi connectivity index (χ1) is 9.26. The van der Waals surface area contributed by atoms with Gasteiger partial charge in [0, 0.05) is 24.4 Å². The number of aromatic nitrogens is 2. The smallest absolute Gasteiger partial charge is 0.138 e. The molecule has 1 aliphatic rings. The number of rotatable bonds is 4. The van der Waals surface area contributed by atoms with E-state index in [1.807, 2.05) is 0 Å². The van der Waals surface area contributed by atoms with Gasteiger partial charge in [-0.3, -0.25) is 0 Å². The molecule has 3 heterocycles. The van der Waals surface area contributed by atoms with Crippen LogP contribution in [0.3, 0.4) is 0 Å². The van der Waals surface area contributed by atoms with Crippen molar-refractivity contribution >= 4 is 27.4 Å². The molecule has 0 saturated carbocycles. The number of thiophene rings is 1. The normalized spacial score (nSPS) is 19.2. The summed E-state index contributed by atoms with van der Waals surface area (Å²) >= 11 is 1.73. The van der Waals surface area contributed by atoms with E-state index in [1.165, 1.54) is 11.3 Å². The van der Waals surface area contributed by atoms with E-state index in [0.29, 0.717) is 6.10 Å². The van der Waals surface area contributed by atoms with E-state index in [1.54, 1.807) is 11.3 Å². The van der Waals surface area contributed by atoms with Gasteiger partial charge in [0.2, 0.25) is 0 Å². The van der Waals surface area contributed by atoms with Crippen LogP contribution in [0.25, 0.3) is 10.2 Å². The van der Waals surface area contributed by atoms with Gasteiger partial charge >= 0.3 is 0 Å². The van der Waals surface area contributed by atoms with Crippen LogP contribution in [0.5, 0.6) is 0 Å². The molecule has 19 heavy (non-hydrogen) atoms. The highest BCUT2D eigenvalue weighted by molar-refractivity contribution is 7.18. The van der Waals surface area contributed by atoms with Crippen LogP contribution in [0.4, 0.5) is 5.82 Å². The summed E-state index contributed by atoms with van der Waals surface area (Å²) in [7, 11) is 0. The summed E-state index contributed by atoms with van der Waals surface area (Å²) in [6, 6.07) is 2.16. The van der Waals surface area contributed by atoms with E-state index >= 15 is 0 Å². The molecule has 4 nitrogen and oxygen atoms in total. The molecule has 1 aliphatic heterocycles. The molecule has 0 aromatic carbocycles. The van der Waals surface area contributed by atoms with Crippen LogP contribution in [-0.4, -0.2) is 29.2 Å². The van der Waals surface area contributed by atoms with E-state index in [4.69, 9.17) is 4.74 Å². The molecule has 0 radical (unpaired) electrons. The minimum atomic E-state index is 0.329. The maximum absolute atomic E-state index is 5.65. The summed E-state index contributed by atoms with van der Waals surface area (Å²) in [6.07, 6.45) is 3.50. The quantitative estimate of drug-likeness (QED) is 0.932. The van der Waals surface area contributed by atoms with E-state index in [2.05, 4.69) is 35.2 Å². The largest absolute Gasteiger partial charge is 0.376 e. The van der Waals surface area contributed by atoms with Gasteiger partial charge in [-0.1, -0.05) is 6.92 Å². The third-order valence-corrected chi connectivity index (χ3v) is 4.34.